The lowest BCUT2D eigenvalue weighted by Crippen LogP contribution is -2.45. The predicted octanol–water partition coefficient (Wildman–Crippen LogP) is 1.36. The van der Waals surface area contributed by atoms with Crippen LogP contribution in [-0.2, 0) is 16.6 Å². The molecule has 1 aromatic carbocycles. The van der Waals surface area contributed by atoms with E-state index in [4.69, 9.17) is 0 Å². The highest BCUT2D eigenvalue weighted by Gasteiger charge is 2.38. The Bertz CT molecular complexity index is 527. The number of nitrogens with zero attached hydrogens (tertiary/aromatic N) is 1. The zero-order valence-electron chi connectivity index (χ0n) is 10.0. The summed E-state index contributed by atoms with van der Waals surface area (Å²) in [6, 6.07) is 7.42. The van der Waals surface area contributed by atoms with Crippen LogP contribution < -0.4 is 5.32 Å². The second-order valence-corrected chi connectivity index (χ2v) is 6.52. The van der Waals surface area contributed by atoms with Crippen LogP contribution in [0.4, 0.5) is 0 Å². The molecule has 1 aromatic rings. The summed E-state index contributed by atoms with van der Waals surface area (Å²) in [4.78, 5) is 0.491. The molecule has 6 heteroatoms. The minimum Gasteiger partial charge on any atom is -0.315 e. The standard InChI is InChI=1S/C12H16N2O2S.ClH/c15-17(16)12-6-2-1-4-10(12)9-14(17)11-5-3-7-13-8-11;/h1-2,4,6,11,13H,3,5,7-9H2;1H/t11-;/m0./s1. The van der Waals surface area contributed by atoms with Crippen LogP contribution in [-0.4, -0.2) is 31.9 Å². The van der Waals surface area contributed by atoms with E-state index in [1.54, 1.807) is 16.4 Å². The summed E-state index contributed by atoms with van der Waals surface area (Å²) in [6.07, 6.45) is 2.01. The first-order valence-electron chi connectivity index (χ1n) is 6.00. The molecule has 0 saturated carbocycles. The Morgan fingerprint density at radius 1 is 1.28 bits per heavy atom. The number of halogens is 1. The fourth-order valence-corrected chi connectivity index (χ4v) is 4.52. The van der Waals surface area contributed by atoms with Crippen molar-refractivity contribution in [2.75, 3.05) is 13.1 Å². The van der Waals surface area contributed by atoms with Crippen LogP contribution in [0.25, 0.3) is 0 Å². The molecule has 0 aliphatic carbocycles. The highest BCUT2D eigenvalue weighted by atomic mass is 35.5. The molecule has 0 radical (unpaired) electrons. The number of sulfonamides is 1. The van der Waals surface area contributed by atoms with Gasteiger partial charge in [0, 0.05) is 19.1 Å². The number of benzene rings is 1. The van der Waals surface area contributed by atoms with Crippen LogP contribution in [0.1, 0.15) is 18.4 Å². The molecule has 100 valence electrons. The van der Waals surface area contributed by atoms with E-state index in [2.05, 4.69) is 5.32 Å². The normalized spacial score (nSPS) is 26.3. The third-order valence-corrected chi connectivity index (χ3v) is 5.56. The second-order valence-electron chi connectivity index (χ2n) is 4.66. The van der Waals surface area contributed by atoms with Gasteiger partial charge in [-0.15, -0.1) is 12.4 Å². The fourth-order valence-electron chi connectivity index (χ4n) is 2.67. The van der Waals surface area contributed by atoms with Gasteiger partial charge in [0.2, 0.25) is 10.0 Å². The lowest BCUT2D eigenvalue weighted by molar-refractivity contribution is 0.269. The van der Waals surface area contributed by atoms with Crippen molar-refractivity contribution < 1.29 is 8.42 Å². The van der Waals surface area contributed by atoms with Gasteiger partial charge < -0.3 is 5.32 Å². The van der Waals surface area contributed by atoms with Gasteiger partial charge in [-0.1, -0.05) is 18.2 Å². The molecule has 2 aliphatic heterocycles. The Kier molecular flexibility index (Phi) is 3.96. The smallest absolute Gasteiger partial charge is 0.243 e. The number of rotatable bonds is 1. The predicted molar refractivity (Wildman–Crippen MR) is 72.3 cm³/mol. The lowest BCUT2D eigenvalue weighted by atomic mass is 10.1. The van der Waals surface area contributed by atoms with Crippen LogP contribution in [0.15, 0.2) is 29.2 Å². The van der Waals surface area contributed by atoms with E-state index >= 15 is 0 Å². The van der Waals surface area contributed by atoms with Crippen LogP contribution in [0.3, 0.4) is 0 Å². The van der Waals surface area contributed by atoms with E-state index in [0.717, 1.165) is 31.5 Å². The van der Waals surface area contributed by atoms with Gasteiger partial charge in [0.1, 0.15) is 0 Å². The Labute approximate surface area is 114 Å². The van der Waals surface area contributed by atoms with Crippen molar-refractivity contribution in [3.8, 4) is 0 Å². The van der Waals surface area contributed by atoms with E-state index in [1.807, 2.05) is 12.1 Å². The molecule has 18 heavy (non-hydrogen) atoms. The molecule has 0 unspecified atom stereocenters. The summed E-state index contributed by atoms with van der Waals surface area (Å²) in [7, 11) is -3.25. The molecule has 3 rings (SSSR count). The van der Waals surface area contributed by atoms with Gasteiger partial charge >= 0.3 is 0 Å². The molecule has 0 spiro atoms. The van der Waals surface area contributed by atoms with Crippen molar-refractivity contribution in [1.29, 1.82) is 0 Å². The topological polar surface area (TPSA) is 49.4 Å². The zero-order valence-corrected chi connectivity index (χ0v) is 11.6. The van der Waals surface area contributed by atoms with Gasteiger partial charge in [-0.25, -0.2) is 8.42 Å². The number of hydrogen-bond acceptors (Lipinski definition) is 3. The van der Waals surface area contributed by atoms with Gasteiger partial charge in [-0.05, 0) is 31.0 Å². The molecule has 1 saturated heterocycles. The van der Waals surface area contributed by atoms with E-state index in [9.17, 15) is 8.42 Å². The molecule has 1 atom stereocenters. The number of nitrogens with one attached hydrogen (secondary N) is 1. The Hall–Kier alpha value is -0.620. The summed E-state index contributed by atoms with van der Waals surface area (Å²) in [6.45, 7) is 2.30. The van der Waals surface area contributed by atoms with Crippen LogP contribution in [0.2, 0.25) is 0 Å². The zero-order chi connectivity index (χ0) is 11.9. The van der Waals surface area contributed by atoms with E-state index in [1.165, 1.54) is 0 Å². The van der Waals surface area contributed by atoms with E-state index < -0.39 is 10.0 Å². The second kappa shape index (κ2) is 5.17. The first-order chi connectivity index (χ1) is 8.19. The van der Waals surface area contributed by atoms with E-state index in [0.29, 0.717) is 11.4 Å². The summed E-state index contributed by atoms with van der Waals surface area (Å²) in [5.74, 6) is 0. The molecule has 2 heterocycles. The monoisotopic (exact) mass is 288 g/mol. The lowest BCUT2D eigenvalue weighted by Gasteiger charge is -2.30. The summed E-state index contributed by atoms with van der Waals surface area (Å²) < 4.78 is 26.4. The highest BCUT2D eigenvalue weighted by Crippen LogP contribution is 2.32. The van der Waals surface area contributed by atoms with Crippen molar-refractivity contribution in [2.24, 2.45) is 0 Å². The van der Waals surface area contributed by atoms with Gasteiger partial charge in [-0.2, -0.15) is 4.31 Å². The maximum absolute atomic E-state index is 12.4. The Balaban J connectivity index is 0.00000120. The minimum absolute atomic E-state index is 0. The molecular formula is C12H17ClN2O2S. The first-order valence-corrected chi connectivity index (χ1v) is 7.44. The van der Waals surface area contributed by atoms with Crippen molar-refractivity contribution >= 4 is 22.4 Å². The average Bonchev–Trinajstić information content (AvgIpc) is 2.63. The molecule has 0 aromatic heterocycles. The molecule has 1 N–H and O–H groups in total. The molecule has 1 fully saturated rings. The van der Waals surface area contributed by atoms with Crippen molar-refractivity contribution in [3.05, 3.63) is 29.8 Å². The van der Waals surface area contributed by atoms with Crippen molar-refractivity contribution in [3.63, 3.8) is 0 Å². The van der Waals surface area contributed by atoms with E-state index in [-0.39, 0.29) is 18.4 Å². The molecular weight excluding hydrogens is 272 g/mol. The maximum Gasteiger partial charge on any atom is 0.243 e. The number of fused-ring (bicyclic) bond motifs is 1. The van der Waals surface area contributed by atoms with Crippen molar-refractivity contribution in [1.82, 2.24) is 9.62 Å². The molecule has 2 aliphatic rings. The number of hydrogen-bond donors (Lipinski definition) is 1. The first kappa shape index (κ1) is 13.8. The third-order valence-electron chi connectivity index (χ3n) is 3.56. The Morgan fingerprint density at radius 2 is 2.06 bits per heavy atom. The summed E-state index contributed by atoms with van der Waals surface area (Å²) in [5, 5.41) is 3.27. The average molecular weight is 289 g/mol. The number of piperidine rings is 1. The van der Waals surface area contributed by atoms with Crippen LogP contribution >= 0.6 is 12.4 Å². The summed E-state index contributed by atoms with van der Waals surface area (Å²) >= 11 is 0. The quantitative estimate of drug-likeness (QED) is 0.849. The third kappa shape index (κ3) is 2.16. The van der Waals surface area contributed by atoms with Crippen LogP contribution in [0, 0.1) is 0 Å². The van der Waals surface area contributed by atoms with Gasteiger partial charge in [-0.3, -0.25) is 0 Å². The fraction of sp³-hybridized carbons (Fsp3) is 0.500. The highest BCUT2D eigenvalue weighted by molar-refractivity contribution is 7.89. The SMILES string of the molecule is Cl.O=S1(=O)c2ccccc2CN1[C@H]1CCCNC1. The molecule has 0 bridgehead atoms. The van der Waals surface area contributed by atoms with Crippen molar-refractivity contribution in [2.45, 2.75) is 30.3 Å². The van der Waals surface area contributed by atoms with Gasteiger partial charge in [0.25, 0.3) is 0 Å². The Morgan fingerprint density at radius 3 is 2.72 bits per heavy atom. The van der Waals surface area contributed by atoms with Gasteiger partial charge in [0.15, 0.2) is 0 Å². The largest absolute Gasteiger partial charge is 0.315 e. The molecule has 4 nitrogen and oxygen atoms in total. The maximum atomic E-state index is 12.4. The van der Waals surface area contributed by atoms with Gasteiger partial charge in [0.05, 0.1) is 4.90 Å². The summed E-state index contributed by atoms with van der Waals surface area (Å²) in [5.41, 5.74) is 0.929. The molecule has 0 amide bonds. The van der Waals surface area contributed by atoms with Crippen LogP contribution in [0.5, 0.6) is 0 Å². The minimum atomic E-state index is -3.25.